The molecule has 0 spiro atoms. The predicted octanol–water partition coefficient (Wildman–Crippen LogP) is 2.24. The quantitative estimate of drug-likeness (QED) is 0.790. The number of carbonyl (C=O) groups excluding carboxylic acids is 1. The molecule has 0 radical (unpaired) electrons. The summed E-state index contributed by atoms with van der Waals surface area (Å²) in [6.07, 6.45) is 1.79. The Kier molecular flexibility index (Phi) is 4.22. The first-order chi connectivity index (χ1) is 9.18. The lowest BCUT2D eigenvalue weighted by atomic mass is 10.2. The van der Waals surface area contributed by atoms with Crippen molar-refractivity contribution in [2.45, 2.75) is 42.0 Å². The summed E-state index contributed by atoms with van der Waals surface area (Å²) in [6, 6.07) is 6.22. The number of sulfonamides is 1. The van der Waals surface area contributed by atoms with Gasteiger partial charge in [-0.05, 0) is 51.0 Å². The first-order valence-corrected chi connectivity index (χ1v) is 8.59. The summed E-state index contributed by atoms with van der Waals surface area (Å²) in [6.45, 7) is 3.47. The second-order valence-corrected chi connectivity index (χ2v) is 9.04. The molecule has 1 saturated carbocycles. The highest BCUT2D eigenvalue weighted by Gasteiger charge is 2.28. The lowest BCUT2D eigenvalue weighted by molar-refractivity contribution is -0.117. The fourth-order valence-electron chi connectivity index (χ4n) is 1.49. The van der Waals surface area contributed by atoms with Crippen LogP contribution >= 0.6 is 15.9 Å². The number of alkyl halides is 1. The Morgan fingerprint density at radius 1 is 1.25 bits per heavy atom. The van der Waals surface area contributed by atoms with E-state index in [-0.39, 0.29) is 16.8 Å². The third-order valence-corrected chi connectivity index (χ3v) is 4.76. The van der Waals surface area contributed by atoms with E-state index in [1.165, 1.54) is 12.1 Å². The summed E-state index contributed by atoms with van der Waals surface area (Å²) in [4.78, 5) is 12.0. The molecular formula is C13H17BrN2O3S. The Morgan fingerprint density at radius 3 is 2.25 bits per heavy atom. The average molecular weight is 361 g/mol. The number of anilines is 1. The first kappa shape index (κ1) is 15.5. The van der Waals surface area contributed by atoms with Crippen LogP contribution in [0.3, 0.4) is 0 Å². The summed E-state index contributed by atoms with van der Waals surface area (Å²) in [5.74, 6) is -0.191. The number of rotatable bonds is 5. The Morgan fingerprint density at radius 2 is 1.80 bits per heavy atom. The Hall–Kier alpha value is -0.920. The Balaban J connectivity index is 2.08. The van der Waals surface area contributed by atoms with Crippen molar-refractivity contribution >= 4 is 37.5 Å². The van der Waals surface area contributed by atoms with Crippen molar-refractivity contribution in [1.29, 1.82) is 0 Å². The molecule has 1 aliphatic rings. The van der Waals surface area contributed by atoms with Crippen molar-refractivity contribution in [3.05, 3.63) is 24.3 Å². The number of halogens is 1. The molecule has 20 heavy (non-hydrogen) atoms. The fraction of sp³-hybridized carbons (Fsp3) is 0.462. The van der Waals surface area contributed by atoms with Gasteiger partial charge in [0.05, 0.1) is 9.22 Å². The number of nitrogens with one attached hydrogen (secondary N) is 2. The highest BCUT2D eigenvalue weighted by molar-refractivity contribution is 9.10. The van der Waals surface area contributed by atoms with E-state index in [0.29, 0.717) is 5.69 Å². The van der Waals surface area contributed by atoms with Gasteiger partial charge in [-0.3, -0.25) is 4.79 Å². The number of benzene rings is 1. The van der Waals surface area contributed by atoms with E-state index < -0.39 is 14.3 Å². The van der Waals surface area contributed by atoms with Gasteiger partial charge in [-0.25, -0.2) is 13.1 Å². The highest BCUT2D eigenvalue weighted by Crippen LogP contribution is 2.23. The van der Waals surface area contributed by atoms with Gasteiger partial charge >= 0.3 is 0 Å². The largest absolute Gasteiger partial charge is 0.325 e. The van der Waals surface area contributed by atoms with Crippen molar-refractivity contribution in [2.24, 2.45) is 0 Å². The summed E-state index contributed by atoms with van der Waals surface area (Å²) in [7, 11) is -3.44. The van der Waals surface area contributed by atoms with E-state index >= 15 is 0 Å². The van der Waals surface area contributed by atoms with E-state index in [4.69, 9.17) is 0 Å². The maximum atomic E-state index is 12.0. The lowest BCUT2D eigenvalue weighted by Gasteiger charge is -2.16. The Labute approximate surface area is 127 Å². The summed E-state index contributed by atoms with van der Waals surface area (Å²) >= 11 is 3.26. The van der Waals surface area contributed by atoms with Gasteiger partial charge in [-0.2, -0.15) is 0 Å². The van der Waals surface area contributed by atoms with Gasteiger partial charge in [0.2, 0.25) is 15.9 Å². The zero-order valence-corrected chi connectivity index (χ0v) is 13.7. The predicted molar refractivity (Wildman–Crippen MR) is 81.4 cm³/mol. The zero-order valence-electron chi connectivity index (χ0n) is 11.3. The highest BCUT2D eigenvalue weighted by atomic mass is 79.9. The van der Waals surface area contributed by atoms with Crippen LogP contribution in [-0.2, 0) is 14.8 Å². The molecule has 0 atom stereocenters. The number of carbonyl (C=O) groups is 1. The molecule has 0 heterocycles. The van der Waals surface area contributed by atoms with Gasteiger partial charge in [0, 0.05) is 11.7 Å². The monoisotopic (exact) mass is 360 g/mol. The van der Waals surface area contributed by atoms with Gasteiger partial charge in [0.25, 0.3) is 0 Å². The Bertz CT molecular complexity index is 601. The van der Waals surface area contributed by atoms with Crippen LogP contribution in [-0.4, -0.2) is 24.7 Å². The van der Waals surface area contributed by atoms with E-state index in [1.807, 2.05) is 0 Å². The molecule has 1 aromatic carbocycles. The van der Waals surface area contributed by atoms with Crippen LogP contribution in [0, 0.1) is 0 Å². The second-order valence-electron chi connectivity index (χ2n) is 5.35. The van der Waals surface area contributed by atoms with Crippen molar-refractivity contribution in [3.63, 3.8) is 0 Å². The third-order valence-electron chi connectivity index (χ3n) is 2.86. The van der Waals surface area contributed by atoms with Crippen molar-refractivity contribution < 1.29 is 13.2 Å². The van der Waals surface area contributed by atoms with Crippen LogP contribution in [0.4, 0.5) is 5.69 Å². The van der Waals surface area contributed by atoms with Crippen LogP contribution in [0.15, 0.2) is 29.2 Å². The van der Waals surface area contributed by atoms with E-state index in [1.54, 1.807) is 26.0 Å². The van der Waals surface area contributed by atoms with Crippen LogP contribution in [0.2, 0.25) is 0 Å². The summed E-state index contributed by atoms with van der Waals surface area (Å²) in [5, 5.41) is 2.71. The van der Waals surface area contributed by atoms with Crippen LogP contribution in [0.5, 0.6) is 0 Å². The standard InChI is InChI=1S/C13H17BrN2O3S/c1-13(2,14)12(17)15-9-5-7-11(8-6-9)20(18,19)16-10-3-4-10/h5-8,10,16H,3-4H2,1-2H3,(H,15,17). The van der Waals surface area contributed by atoms with Crippen molar-refractivity contribution in [1.82, 2.24) is 4.72 Å². The van der Waals surface area contributed by atoms with E-state index in [9.17, 15) is 13.2 Å². The molecule has 5 nitrogen and oxygen atoms in total. The minimum Gasteiger partial charge on any atom is -0.325 e. The van der Waals surface area contributed by atoms with Crippen LogP contribution < -0.4 is 10.0 Å². The molecule has 0 aliphatic heterocycles. The normalized spacial score (nSPS) is 15.9. The zero-order chi connectivity index (χ0) is 15.0. The number of amides is 1. The lowest BCUT2D eigenvalue weighted by Crippen LogP contribution is -2.31. The molecule has 110 valence electrons. The first-order valence-electron chi connectivity index (χ1n) is 6.31. The minimum atomic E-state index is -3.44. The molecule has 0 unspecified atom stereocenters. The molecule has 1 amide bonds. The molecule has 0 saturated heterocycles. The maximum absolute atomic E-state index is 12.0. The molecule has 2 rings (SSSR count). The van der Waals surface area contributed by atoms with Crippen LogP contribution in [0.1, 0.15) is 26.7 Å². The second kappa shape index (κ2) is 5.46. The molecule has 1 aromatic rings. The average Bonchev–Trinajstić information content (AvgIpc) is 3.11. The summed E-state index contributed by atoms with van der Waals surface area (Å²) < 4.78 is 25.9. The molecule has 1 aliphatic carbocycles. The molecular weight excluding hydrogens is 344 g/mol. The van der Waals surface area contributed by atoms with Crippen molar-refractivity contribution in [3.8, 4) is 0 Å². The van der Waals surface area contributed by atoms with Crippen LogP contribution in [0.25, 0.3) is 0 Å². The smallest absolute Gasteiger partial charge is 0.240 e. The molecule has 2 N–H and O–H groups in total. The molecule has 0 bridgehead atoms. The van der Waals surface area contributed by atoms with E-state index in [2.05, 4.69) is 26.0 Å². The summed E-state index contributed by atoms with van der Waals surface area (Å²) in [5.41, 5.74) is 0.563. The third kappa shape index (κ3) is 4.04. The molecule has 1 fully saturated rings. The van der Waals surface area contributed by atoms with Gasteiger partial charge in [0.15, 0.2) is 0 Å². The fourth-order valence-corrected chi connectivity index (χ4v) is 2.89. The van der Waals surface area contributed by atoms with Gasteiger partial charge in [0.1, 0.15) is 0 Å². The van der Waals surface area contributed by atoms with Crippen molar-refractivity contribution in [2.75, 3.05) is 5.32 Å². The number of hydrogen-bond donors (Lipinski definition) is 2. The van der Waals surface area contributed by atoms with E-state index in [0.717, 1.165) is 12.8 Å². The van der Waals surface area contributed by atoms with Gasteiger partial charge in [-0.1, -0.05) is 15.9 Å². The minimum absolute atomic E-state index is 0.0774. The number of hydrogen-bond acceptors (Lipinski definition) is 3. The topological polar surface area (TPSA) is 75.3 Å². The molecule has 7 heteroatoms. The van der Waals surface area contributed by atoms with Gasteiger partial charge < -0.3 is 5.32 Å². The maximum Gasteiger partial charge on any atom is 0.240 e. The molecule has 0 aromatic heterocycles. The SMILES string of the molecule is CC(C)(Br)C(=O)Nc1ccc(S(=O)(=O)NC2CC2)cc1. The van der Waals surface area contributed by atoms with Gasteiger partial charge in [-0.15, -0.1) is 0 Å².